The van der Waals surface area contributed by atoms with E-state index in [1.807, 2.05) is 6.07 Å². The summed E-state index contributed by atoms with van der Waals surface area (Å²) >= 11 is 0. The molecule has 1 aromatic heterocycles. The van der Waals surface area contributed by atoms with Crippen LogP contribution in [-0.2, 0) is 0 Å². The molecule has 0 aliphatic carbocycles. The molecule has 1 radical (unpaired) electrons. The Kier molecular flexibility index (Phi) is 4.37. The predicted octanol–water partition coefficient (Wildman–Crippen LogP) is 1.69. The first kappa shape index (κ1) is 11.8. The van der Waals surface area contributed by atoms with Gasteiger partial charge in [0, 0.05) is 29.6 Å². The summed E-state index contributed by atoms with van der Waals surface area (Å²) in [7, 11) is 0. The number of benzene rings is 1. The molecule has 69 valence electrons. The molecule has 15 heavy (non-hydrogen) atoms. The number of rotatable bonds is 2. The van der Waals surface area contributed by atoms with Crippen LogP contribution in [0.5, 0.6) is 11.6 Å². The van der Waals surface area contributed by atoms with Gasteiger partial charge in [0.1, 0.15) is 5.75 Å². The van der Waals surface area contributed by atoms with Gasteiger partial charge in [0.05, 0.1) is 24.2 Å². The molecular formula is C10H7N3NaO. The fraction of sp³-hybridized carbons (Fsp3) is 0. The fourth-order valence-electron chi connectivity index (χ4n) is 1.02. The molecule has 0 atom stereocenters. The Morgan fingerprint density at radius 3 is 2.53 bits per heavy atom. The van der Waals surface area contributed by atoms with Crippen molar-refractivity contribution in [2.24, 2.45) is 0 Å². The van der Waals surface area contributed by atoms with Crippen molar-refractivity contribution < 1.29 is 4.74 Å². The van der Waals surface area contributed by atoms with E-state index in [2.05, 4.69) is 9.97 Å². The van der Waals surface area contributed by atoms with Gasteiger partial charge in [-0.15, -0.1) is 0 Å². The normalized spacial score (nSPS) is 8.73. The molecule has 0 bridgehead atoms. The van der Waals surface area contributed by atoms with Gasteiger partial charge in [0.25, 0.3) is 0 Å². The standard InChI is InChI=1S/C10H7N3O.Na/c11-5-8-1-3-9(4-2-8)14-10-6-12-7-13-10;/h1-4,6-7H,(H,12,13);. The molecule has 0 saturated carbocycles. The molecule has 2 rings (SSSR count). The maximum atomic E-state index is 8.58. The van der Waals surface area contributed by atoms with Crippen molar-refractivity contribution in [2.75, 3.05) is 0 Å². The zero-order valence-electron chi connectivity index (χ0n) is 8.27. The van der Waals surface area contributed by atoms with Gasteiger partial charge in [0.15, 0.2) is 0 Å². The number of nitrogens with one attached hydrogen (secondary N) is 1. The van der Waals surface area contributed by atoms with Gasteiger partial charge in [-0.1, -0.05) is 0 Å². The summed E-state index contributed by atoms with van der Waals surface area (Å²) in [4.78, 5) is 6.64. The second-order valence-electron chi connectivity index (χ2n) is 2.65. The van der Waals surface area contributed by atoms with Crippen LogP contribution in [0.3, 0.4) is 0 Å². The molecule has 4 nitrogen and oxygen atoms in total. The number of imidazole rings is 1. The first-order valence-corrected chi connectivity index (χ1v) is 4.05. The smallest absolute Gasteiger partial charge is 0.217 e. The van der Waals surface area contributed by atoms with Crippen molar-refractivity contribution in [3.8, 4) is 17.7 Å². The maximum absolute atomic E-state index is 8.58. The van der Waals surface area contributed by atoms with E-state index in [-0.39, 0.29) is 29.6 Å². The van der Waals surface area contributed by atoms with Gasteiger partial charge < -0.3 is 9.72 Å². The molecule has 2 aromatic rings. The summed E-state index contributed by atoms with van der Waals surface area (Å²) < 4.78 is 5.39. The number of aromatic amines is 1. The molecule has 0 unspecified atom stereocenters. The van der Waals surface area contributed by atoms with Crippen LogP contribution in [0.1, 0.15) is 5.56 Å². The summed E-state index contributed by atoms with van der Waals surface area (Å²) in [5, 5.41) is 8.58. The van der Waals surface area contributed by atoms with Crippen LogP contribution in [-0.4, -0.2) is 39.5 Å². The number of aromatic nitrogens is 2. The van der Waals surface area contributed by atoms with Crippen molar-refractivity contribution in [2.45, 2.75) is 0 Å². The minimum atomic E-state index is 0. The van der Waals surface area contributed by atoms with Gasteiger partial charge in [-0.25, -0.2) is 4.98 Å². The van der Waals surface area contributed by atoms with Crippen LogP contribution < -0.4 is 4.74 Å². The van der Waals surface area contributed by atoms with Crippen LogP contribution in [0.2, 0.25) is 0 Å². The molecule has 1 N–H and O–H groups in total. The van der Waals surface area contributed by atoms with Crippen LogP contribution in [0.15, 0.2) is 36.8 Å². The van der Waals surface area contributed by atoms with Gasteiger partial charge in [-0.2, -0.15) is 5.26 Å². The minimum absolute atomic E-state index is 0. The van der Waals surface area contributed by atoms with E-state index >= 15 is 0 Å². The van der Waals surface area contributed by atoms with Crippen molar-refractivity contribution in [1.82, 2.24) is 9.97 Å². The Balaban J connectivity index is 0.00000112. The van der Waals surface area contributed by atoms with Crippen LogP contribution in [0, 0.1) is 11.3 Å². The van der Waals surface area contributed by atoms with E-state index in [1.165, 1.54) is 0 Å². The molecule has 0 spiro atoms. The van der Waals surface area contributed by atoms with E-state index in [9.17, 15) is 0 Å². The number of ether oxygens (including phenoxy) is 1. The second-order valence-corrected chi connectivity index (χ2v) is 2.65. The number of nitriles is 1. The Bertz CT molecular complexity index is 445. The molecule has 1 aromatic carbocycles. The summed E-state index contributed by atoms with van der Waals surface area (Å²) in [6, 6.07) is 8.91. The zero-order chi connectivity index (χ0) is 9.80. The second kappa shape index (κ2) is 5.56. The van der Waals surface area contributed by atoms with Crippen molar-refractivity contribution in [3.63, 3.8) is 0 Å². The molecule has 0 aliphatic rings. The molecule has 0 fully saturated rings. The topological polar surface area (TPSA) is 61.7 Å². The van der Waals surface area contributed by atoms with Crippen LogP contribution in [0.4, 0.5) is 0 Å². The summed E-state index contributed by atoms with van der Waals surface area (Å²) in [5.41, 5.74) is 0.613. The molecule has 0 amide bonds. The average molecular weight is 208 g/mol. The Labute approximate surface area is 109 Å². The van der Waals surface area contributed by atoms with Gasteiger partial charge in [0.2, 0.25) is 5.88 Å². The van der Waals surface area contributed by atoms with Crippen LogP contribution >= 0.6 is 0 Å². The van der Waals surface area contributed by atoms with Gasteiger partial charge >= 0.3 is 0 Å². The molecule has 5 heteroatoms. The average Bonchev–Trinajstić information content (AvgIpc) is 2.72. The minimum Gasteiger partial charge on any atom is -0.439 e. The van der Waals surface area contributed by atoms with E-state index in [0.29, 0.717) is 17.2 Å². The summed E-state index contributed by atoms with van der Waals surface area (Å²) in [6.07, 6.45) is 3.12. The summed E-state index contributed by atoms with van der Waals surface area (Å²) in [6.45, 7) is 0. The van der Waals surface area contributed by atoms with Crippen molar-refractivity contribution in [3.05, 3.63) is 42.4 Å². The molecule has 0 aliphatic heterocycles. The third-order valence-corrected chi connectivity index (χ3v) is 1.68. The first-order chi connectivity index (χ1) is 6.88. The van der Waals surface area contributed by atoms with E-state index < -0.39 is 0 Å². The number of H-pyrrole nitrogens is 1. The Hall–Kier alpha value is -1.28. The monoisotopic (exact) mass is 208 g/mol. The van der Waals surface area contributed by atoms with E-state index in [0.717, 1.165) is 0 Å². The van der Waals surface area contributed by atoms with Gasteiger partial charge in [-0.3, -0.25) is 0 Å². The van der Waals surface area contributed by atoms with Crippen LogP contribution in [0.25, 0.3) is 0 Å². The Morgan fingerprint density at radius 2 is 2.00 bits per heavy atom. The number of hydrogen-bond donors (Lipinski definition) is 1. The van der Waals surface area contributed by atoms with Crippen molar-refractivity contribution >= 4 is 29.6 Å². The maximum Gasteiger partial charge on any atom is 0.217 e. The third kappa shape index (κ3) is 3.10. The third-order valence-electron chi connectivity index (χ3n) is 1.68. The van der Waals surface area contributed by atoms with Crippen molar-refractivity contribution in [1.29, 1.82) is 5.26 Å². The first-order valence-electron chi connectivity index (χ1n) is 4.05. The van der Waals surface area contributed by atoms with Gasteiger partial charge in [-0.05, 0) is 24.3 Å². The quantitative estimate of drug-likeness (QED) is 0.764. The predicted molar refractivity (Wildman–Crippen MR) is 55.6 cm³/mol. The molecule has 1 heterocycles. The Morgan fingerprint density at radius 1 is 1.27 bits per heavy atom. The largest absolute Gasteiger partial charge is 0.439 e. The molecule has 0 saturated heterocycles. The fourth-order valence-corrected chi connectivity index (χ4v) is 1.02. The number of nitrogens with zero attached hydrogens (tertiary/aromatic N) is 2. The van der Waals surface area contributed by atoms with E-state index in [4.69, 9.17) is 10.00 Å². The SMILES string of the molecule is N#Cc1ccc(Oc2cnc[nH]2)cc1.[Na]. The molecular weight excluding hydrogens is 201 g/mol. The van der Waals surface area contributed by atoms with E-state index in [1.54, 1.807) is 36.8 Å². The number of hydrogen-bond acceptors (Lipinski definition) is 3. The summed E-state index contributed by atoms with van der Waals surface area (Å²) in [5.74, 6) is 1.25. The zero-order valence-corrected chi connectivity index (χ0v) is 10.3.